The molecule has 0 aliphatic rings. The van der Waals surface area contributed by atoms with Crippen LogP contribution in [0.5, 0.6) is 0 Å². The minimum Gasteiger partial charge on any atom is -0.236 e. The zero-order valence-corrected chi connectivity index (χ0v) is 14.7. The number of halogens is 1. The van der Waals surface area contributed by atoms with Crippen molar-refractivity contribution in [3.8, 4) is 11.4 Å². The molecule has 0 unspecified atom stereocenters. The lowest BCUT2D eigenvalue weighted by molar-refractivity contribution is 0.572. The van der Waals surface area contributed by atoms with Crippen molar-refractivity contribution >= 4 is 22.5 Å². The third kappa shape index (κ3) is 3.23. The van der Waals surface area contributed by atoms with Crippen molar-refractivity contribution < 1.29 is 0 Å². The van der Waals surface area contributed by atoms with Gasteiger partial charge in [0.15, 0.2) is 0 Å². The molecule has 0 aliphatic heterocycles. The number of rotatable bonds is 3. The number of hydrogen-bond donors (Lipinski definition) is 0. The molecule has 0 amide bonds. The summed E-state index contributed by atoms with van der Waals surface area (Å²) in [4.78, 5) is 6.02. The highest BCUT2D eigenvalue weighted by molar-refractivity contribution is 6.30. The maximum atomic E-state index is 6.35. The van der Waals surface area contributed by atoms with Crippen molar-refractivity contribution in [1.82, 2.24) is 25.2 Å². The Bertz CT molecular complexity index is 1050. The van der Waals surface area contributed by atoms with Gasteiger partial charge in [-0.15, -0.1) is 10.2 Å². The Hall–Kier alpha value is -2.79. The van der Waals surface area contributed by atoms with Crippen LogP contribution in [0.15, 0.2) is 48.5 Å². The fraction of sp³-hybridized carbons (Fsp3) is 0.158. The van der Waals surface area contributed by atoms with Crippen LogP contribution < -0.4 is 0 Å². The largest absolute Gasteiger partial charge is 0.236 e. The summed E-state index contributed by atoms with van der Waals surface area (Å²) >= 11 is 6.35. The number of pyridine rings is 1. The minimum absolute atomic E-state index is 0.425. The van der Waals surface area contributed by atoms with E-state index in [0.29, 0.717) is 17.5 Å². The molecule has 0 bridgehead atoms. The molecule has 5 nitrogen and oxygen atoms in total. The molecule has 4 aromatic rings. The van der Waals surface area contributed by atoms with E-state index < -0.39 is 0 Å². The number of aromatic nitrogens is 5. The van der Waals surface area contributed by atoms with Gasteiger partial charge in [0.05, 0.1) is 12.1 Å². The first-order chi connectivity index (χ1) is 12.1. The molecule has 25 heavy (non-hydrogen) atoms. The van der Waals surface area contributed by atoms with E-state index in [0.717, 1.165) is 27.6 Å². The third-order valence-electron chi connectivity index (χ3n) is 4.07. The molecule has 0 N–H and O–H groups in total. The van der Waals surface area contributed by atoms with Gasteiger partial charge in [-0.2, -0.15) is 4.80 Å². The van der Waals surface area contributed by atoms with Gasteiger partial charge in [-0.3, -0.25) is 0 Å². The van der Waals surface area contributed by atoms with Crippen LogP contribution in [0.3, 0.4) is 0 Å². The first-order valence-corrected chi connectivity index (χ1v) is 8.37. The first kappa shape index (κ1) is 15.7. The Kier molecular flexibility index (Phi) is 3.93. The average molecular weight is 350 g/mol. The predicted molar refractivity (Wildman–Crippen MR) is 98.6 cm³/mol. The standard InChI is InChI=1S/C19H16ClN5/c1-12-3-6-14(7-4-12)19-22-24-25(23-19)11-16-10-15-8-5-13(2)9-17(15)21-18(16)20/h3-10H,11H2,1-2H3. The smallest absolute Gasteiger partial charge is 0.204 e. The molecule has 4 rings (SSSR count). The van der Waals surface area contributed by atoms with E-state index >= 15 is 0 Å². The van der Waals surface area contributed by atoms with Gasteiger partial charge in [-0.05, 0) is 36.8 Å². The van der Waals surface area contributed by atoms with Gasteiger partial charge < -0.3 is 0 Å². The molecule has 0 spiro atoms. The summed E-state index contributed by atoms with van der Waals surface area (Å²) in [5, 5.41) is 14.2. The Balaban J connectivity index is 1.64. The van der Waals surface area contributed by atoms with Crippen LogP contribution in [-0.4, -0.2) is 25.2 Å². The highest BCUT2D eigenvalue weighted by Gasteiger charge is 2.10. The van der Waals surface area contributed by atoms with Crippen LogP contribution in [0.4, 0.5) is 0 Å². The van der Waals surface area contributed by atoms with E-state index in [1.807, 2.05) is 56.3 Å². The summed E-state index contributed by atoms with van der Waals surface area (Å²) in [6.45, 7) is 4.51. The lowest BCUT2D eigenvalue weighted by atomic mass is 10.1. The third-order valence-corrected chi connectivity index (χ3v) is 4.40. The van der Waals surface area contributed by atoms with Crippen molar-refractivity contribution in [2.75, 3.05) is 0 Å². The normalized spacial score (nSPS) is 11.2. The highest BCUT2D eigenvalue weighted by atomic mass is 35.5. The van der Waals surface area contributed by atoms with E-state index in [1.54, 1.807) is 0 Å². The van der Waals surface area contributed by atoms with Crippen molar-refractivity contribution in [2.45, 2.75) is 20.4 Å². The number of nitrogens with zero attached hydrogens (tertiary/aromatic N) is 5. The number of hydrogen-bond acceptors (Lipinski definition) is 4. The van der Waals surface area contributed by atoms with Gasteiger partial charge in [0.1, 0.15) is 5.15 Å². The number of benzene rings is 2. The SMILES string of the molecule is Cc1ccc(-c2nnn(Cc3cc4ccc(C)cc4nc3Cl)n2)cc1. The average Bonchev–Trinajstić information content (AvgIpc) is 3.05. The predicted octanol–water partition coefficient (Wildman–Crippen LogP) is 4.21. The topological polar surface area (TPSA) is 56.5 Å². The quantitative estimate of drug-likeness (QED) is 0.520. The van der Waals surface area contributed by atoms with Gasteiger partial charge >= 0.3 is 0 Å². The van der Waals surface area contributed by atoms with E-state index in [9.17, 15) is 0 Å². The molecule has 2 aromatic heterocycles. The molecule has 2 heterocycles. The molecular formula is C19H16ClN5. The van der Waals surface area contributed by atoms with Crippen LogP contribution >= 0.6 is 11.6 Å². The maximum Gasteiger partial charge on any atom is 0.204 e. The molecule has 6 heteroatoms. The van der Waals surface area contributed by atoms with Crippen LogP contribution in [0.1, 0.15) is 16.7 Å². The van der Waals surface area contributed by atoms with Gasteiger partial charge in [0, 0.05) is 16.5 Å². The zero-order valence-electron chi connectivity index (χ0n) is 13.9. The van der Waals surface area contributed by atoms with Gasteiger partial charge in [-0.25, -0.2) is 4.98 Å². The fourth-order valence-electron chi connectivity index (χ4n) is 2.69. The molecule has 0 aliphatic carbocycles. The summed E-state index contributed by atoms with van der Waals surface area (Å²) in [7, 11) is 0. The second-order valence-corrected chi connectivity index (χ2v) is 6.50. The Morgan fingerprint density at radius 2 is 1.72 bits per heavy atom. The van der Waals surface area contributed by atoms with Crippen molar-refractivity contribution in [1.29, 1.82) is 0 Å². The van der Waals surface area contributed by atoms with Gasteiger partial charge in [0.25, 0.3) is 0 Å². The molecular weight excluding hydrogens is 334 g/mol. The molecule has 0 atom stereocenters. The molecule has 2 aromatic carbocycles. The summed E-state index contributed by atoms with van der Waals surface area (Å²) in [5.74, 6) is 0.598. The zero-order chi connectivity index (χ0) is 17.4. The second-order valence-electron chi connectivity index (χ2n) is 6.14. The van der Waals surface area contributed by atoms with Crippen LogP contribution in [0, 0.1) is 13.8 Å². The molecule has 0 saturated carbocycles. The number of fused-ring (bicyclic) bond motifs is 1. The molecule has 124 valence electrons. The minimum atomic E-state index is 0.425. The van der Waals surface area contributed by atoms with E-state index in [2.05, 4.69) is 26.5 Å². The Labute approximate surface area is 150 Å². The number of aryl methyl sites for hydroxylation is 2. The van der Waals surface area contributed by atoms with Crippen molar-refractivity contribution in [3.05, 3.63) is 70.4 Å². The lowest BCUT2D eigenvalue weighted by Gasteiger charge is -2.06. The molecule has 0 saturated heterocycles. The van der Waals surface area contributed by atoms with Crippen LogP contribution in [-0.2, 0) is 6.54 Å². The van der Waals surface area contributed by atoms with E-state index in [4.69, 9.17) is 11.6 Å². The van der Waals surface area contributed by atoms with Gasteiger partial charge in [-0.1, -0.05) is 53.6 Å². The first-order valence-electron chi connectivity index (χ1n) is 7.99. The van der Waals surface area contributed by atoms with Gasteiger partial charge in [0.2, 0.25) is 5.82 Å². The summed E-state index contributed by atoms with van der Waals surface area (Å²) in [5.41, 5.74) is 5.05. The Morgan fingerprint density at radius 1 is 0.960 bits per heavy atom. The second kappa shape index (κ2) is 6.26. The summed E-state index contributed by atoms with van der Waals surface area (Å²) in [6.07, 6.45) is 0. The molecule has 0 radical (unpaired) electrons. The highest BCUT2D eigenvalue weighted by Crippen LogP contribution is 2.22. The number of tetrazole rings is 1. The Morgan fingerprint density at radius 3 is 2.52 bits per heavy atom. The van der Waals surface area contributed by atoms with Crippen LogP contribution in [0.2, 0.25) is 5.15 Å². The van der Waals surface area contributed by atoms with Crippen molar-refractivity contribution in [2.24, 2.45) is 0 Å². The summed E-state index contributed by atoms with van der Waals surface area (Å²) < 4.78 is 0. The molecule has 0 fully saturated rings. The lowest BCUT2D eigenvalue weighted by Crippen LogP contribution is -2.05. The van der Waals surface area contributed by atoms with E-state index in [-0.39, 0.29) is 0 Å². The van der Waals surface area contributed by atoms with Crippen LogP contribution in [0.25, 0.3) is 22.3 Å². The maximum absolute atomic E-state index is 6.35. The van der Waals surface area contributed by atoms with Crippen molar-refractivity contribution in [3.63, 3.8) is 0 Å². The fourth-order valence-corrected chi connectivity index (χ4v) is 2.89. The van der Waals surface area contributed by atoms with E-state index in [1.165, 1.54) is 10.4 Å². The summed E-state index contributed by atoms with van der Waals surface area (Å²) in [6, 6.07) is 16.2. The monoisotopic (exact) mass is 349 g/mol.